The highest BCUT2D eigenvalue weighted by molar-refractivity contribution is 5.21. The summed E-state index contributed by atoms with van der Waals surface area (Å²) < 4.78 is 0. The molecule has 1 nitrogen and oxygen atoms in total. The zero-order chi connectivity index (χ0) is 14.2. The molecule has 0 spiro atoms. The lowest BCUT2D eigenvalue weighted by Gasteiger charge is -2.43. The molecule has 0 amide bonds. The molecule has 1 aromatic rings. The van der Waals surface area contributed by atoms with Crippen LogP contribution in [0.4, 0.5) is 0 Å². The molecular weight excluding hydrogens is 242 g/mol. The Kier molecular flexibility index (Phi) is 3.72. The fourth-order valence-corrected chi connectivity index (χ4v) is 3.74. The molecule has 4 atom stereocenters. The van der Waals surface area contributed by atoms with E-state index in [0.29, 0.717) is 17.5 Å². The molecular formula is C19H27N. The Morgan fingerprint density at radius 1 is 1.20 bits per heavy atom. The van der Waals surface area contributed by atoms with Crippen LogP contribution >= 0.6 is 0 Å². The van der Waals surface area contributed by atoms with Crippen molar-refractivity contribution in [2.24, 2.45) is 17.3 Å². The van der Waals surface area contributed by atoms with Crippen molar-refractivity contribution < 1.29 is 0 Å². The molecule has 2 aliphatic rings. The van der Waals surface area contributed by atoms with Crippen LogP contribution in [0, 0.1) is 17.3 Å². The lowest BCUT2D eigenvalue weighted by atomic mass is 9.70. The topological polar surface area (TPSA) is 12.0 Å². The summed E-state index contributed by atoms with van der Waals surface area (Å²) in [6.45, 7) is 7.01. The Balaban J connectivity index is 1.71. The summed E-state index contributed by atoms with van der Waals surface area (Å²) in [5.41, 5.74) is 1.79. The fourth-order valence-electron chi connectivity index (χ4n) is 3.74. The van der Waals surface area contributed by atoms with Gasteiger partial charge >= 0.3 is 0 Å². The molecule has 1 heteroatoms. The molecule has 3 rings (SSSR count). The van der Waals surface area contributed by atoms with Crippen molar-refractivity contribution in [1.82, 2.24) is 5.32 Å². The van der Waals surface area contributed by atoms with Crippen molar-refractivity contribution in [2.45, 2.75) is 52.1 Å². The first-order valence-corrected chi connectivity index (χ1v) is 8.00. The molecule has 1 fully saturated rings. The molecule has 1 saturated carbocycles. The zero-order valence-electron chi connectivity index (χ0n) is 13.0. The van der Waals surface area contributed by atoms with E-state index in [-0.39, 0.29) is 0 Å². The van der Waals surface area contributed by atoms with Crippen molar-refractivity contribution in [3.63, 3.8) is 0 Å². The second-order valence-corrected chi connectivity index (χ2v) is 7.74. The predicted molar refractivity (Wildman–Crippen MR) is 85.5 cm³/mol. The molecule has 0 radical (unpaired) electrons. The van der Waals surface area contributed by atoms with Crippen molar-refractivity contribution in [3.8, 4) is 0 Å². The van der Waals surface area contributed by atoms with Gasteiger partial charge in [-0.05, 0) is 42.1 Å². The van der Waals surface area contributed by atoms with Crippen molar-refractivity contribution in [2.75, 3.05) is 0 Å². The molecule has 0 aliphatic heterocycles. The van der Waals surface area contributed by atoms with E-state index >= 15 is 0 Å². The van der Waals surface area contributed by atoms with E-state index in [1.54, 1.807) is 0 Å². The van der Waals surface area contributed by atoms with Gasteiger partial charge in [-0.25, -0.2) is 0 Å². The van der Waals surface area contributed by atoms with E-state index in [4.69, 9.17) is 0 Å². The molecule has 1 N–H and O–H groups in total. The third-order valence-electron chi connectivity index (χ3n) is 4.80. The number of hydrogen-bond donors (Lipinski definition) is 1. The van der Waals surface area contributed by atoms with Crippen LogP contribution in [0.2, 0.25) is 0 Å². The minimum atomic E-state index is 0.349. The van der Waals surface area contributed by atoms with Gasteiger partial charge in [0.2, 0.25) is 0 Å². The molecule has 1 aromatic carbocycles. The first kappa shape index (κ1) is 13.9. The number of hydrogen-bond acceptors (Lipinski definition) is 1. The molecule has 0 bridgehead atoms. The highest BCUT2D eigenvalue weighted by atomic mass is 15.0. The SMILES string of the molecule is CC(C)(C)CC(NC1CC2CC=CC21)c1ccccc1. The lowest BCUT2D eigenvalue weighted by Crippen LogP contribution is -2.49. The predicted octanol–water partition coefficient (Wildman–Crippen LogP) is 4.72. The normalized spacial score (nSPS) is 29.9. The summed E-state index contributed by atoms with van der Waals surface area (Å²) in [5, 5.41) is 3.95. The average Bonchev–Trinajstić information content (AvgIpc) is 2.75. The van der Waals surface area contributed by atoms with Crippen LogP contribution < -0.4 is 5.32 Å². The largest absolute Gasteiger partial charge is 0.307 e. The van der Waals surface area contributed by atoms with Gasteiger partial charge in [-0.3, -0.25) is 0 Å². The third kappa shape index (κ3) is 2.98. The van der Waals surface area contributed by atoms with E-state index in [1.807, 2.05) is 0 Å². The monoisotopic (exact) mass is 269 g/mol. The minimum Gasteiger partial charge on any atom is -0.307 e. The van der Waals surface area contributed by atoms with Gasteiger partial charge in [-0.1, -0.05) is 63.3 Å². The Morgan fingerprint density at radius 2 is 1.95 bits per heavy atom. The van der Waals surface area contributed by atoms with E-state index < -0.39 is 0 Å². The maximum atomic E-state index is 3.95. The van der Waals surface area contributed by atoms with E-state index in [9.17, 15) is 0 Å². The quantitative estimate of drug-likeness (QED) is 0.780. The minimum absolute atomic E-state index is 0.349. The van der Waals surface area contributed by atoms with Crippen molar-refractivity contribution in [1.29, 1.82) is 0 Å². The van der Waals surface area contributed by atoms with E-state index in [0.717, 1.165) is 11.8 Å². The summed E-state index contributed by atoms with van der Waals surface area (Å²) in [6, 6.07) is 12.1. The summed E-state index contributed by atoms with van der Waals surface area (Å²) in [7, 11) is 0. The van der Waals surface area contributed by atoms with Gasteiger partial charge in [0.25, 0.3) is 0 Å². The summed E-state index contributed by atoms with van der Waals surface area (Å²) >= 11 is 0. The number of benzene rings is 1. The van der Waals surface area contributed by atoms with Gasteiger partial charge in [-0.15, -0.1) is 0 Å². The van der Waals surface area contributed by atoms with Crippen molar-refractivity contribution in [3.05, 3.63) is 48.0 Å². The molecule has 0 aromatic heterocycles. The molecule has 0 saturated heterocycles. The van der Waals surface area contributed by atoms with E-state index in [1.165, 1.54) is 24.8 Å². The molecule has 0 heterocycles. The highest BCUT2D eigenvalue weighted by Crippen LogP contribution is 2.44. The zero-order valence-corrected chi connectivity index (χ0v) is 13.0. The summed E-state index contributed by atoms with van der Waals surface area (Å²) in [6.07, 6.45) is 8.65. The van der Waals surface area contributed by atoms with Crippen LogP contribution in [-0.2, 0) is 0 Å². The van der Waals surface area contributed by atoms with Gasteiger partial charge in [-0.2, -0.15) is 0 Å². The molecule has 108 valence electrons. The first-order valence-electron chi connectivity index (χ1n) is 8.00. The van der Waals surface area contributed by atoms with Gasteiger partial charge in [0.05, 0.1) is 0 Å². The van der Waals surface area contributed by atoms with Crippen LogP contribution in [0.5, 0.6) is 0 Å². The average molecular weight is 269 g/mol. The maximum absolute atomic E-state index is 3.95. The lowest BCUT2D eigenvalue weighted by molar-refractivity contribution is 0.138. The molecule has 2 aliphatic carbocycles. The Labute approximate surface area is 123 Å². The van der Waals surface area contributed by atoms with Crippen LogP contribution in [0.1, 0.15) is 51.6 Å². The second kappa shape index (κ2) is 5.37. The highest BCUT2D eigenvalue weighted by Gasteiger charge is 2.42. The van der Waals surface area contributed by atoms with Crippen molar-refractivity contribution >= 4 is 0 Å². The number of fused-ring (bicyclic) bond motifs is 1. The van der Waals surface area contributed by atoms with Gasteiger partial charge in [0.15, 0.2) is 0 Å². The summed E-state index contributed by atoms with van der Waals surface area (Å²) in [4.78, 5) is 0. The van der Waals surface area contributed by atoms with Crippen LogP contribution in [-0.4, -0.2) is 6.04 Å². The number of allylic oxidation sites excluding steroid dienone is 1. The van der Waals surface area contributed by atoms with Gasteiger partial charge in [0, 0.05) is 12.1 Å². The maximum Gasteiger partial charge on any atom is 0.0327 e. The van der Waals surface area contributed by atoms with E-state index in [2.05, 4.69) is 68.6 Å². The fraction of sp³-hybridized carbons (Fsp3) is 0.579. The number of nitrogens with one attached hydrogen (secondary N) is 1. The number of rotatable bonds is 4. The van der Waals surface area contributed by atoms with Crippen LogP contribution in [0.3, 0.4) is 0 Å². The van der Waals surface area contributed by atoms with Gasteiger partial charge < -0.3 is 5.32 Å². The van der Waals surface area contributed by atoms with Crippen LogP contribution in [0.25, 0.3) is 0 Å². The van der Waals surface area contributed by atoms with Crippen LogP contribution in [0.15, 0.2) is 42.5 Å². The second-order valence-electron chi connectivity index (χ2n) is 7.74. The van der Waals surface area contributed by atoms with Gasteiger partial charge in [0.1, 0.15) is 0 Å². The Bertz CT molecular complexity index is 468. The molecule has 20 heavy (non-hydrogen) atoms. The third-order valence-corrected chi connectivity index (χ3v) is 4.80. The first-order chi connectivity index (χ1) is 9.53. The Hall–Kier alpha value is -1.08. The summed E-state index contributed by atoms with van der Waals surface area (Å²) in [5.74, 6) is 1.72. The standard InChI is InChI=1S/C19H27N/c1-19(2,3)13-18(14-8-5-4-6-9-14)20-17-12-15-10-7-11-16(15)17/h4-9,11,15-18,20H,10,12-13H2,1-3H3. The molecule has 4 unspecified atom stereocenters. The Morgan fingerprint density at radius 3 is 2.60 bits per heavy atom. The smallest absolute Gasteiger partial charge is 0.0327 e.